The van der Waals surface area contributed by atoms with Crippen molar-refractivity contribution < 1.29 is 18.9 Å². The Bertz CT molecular complexity index is 298. The number of hydrogen-bond acceptors (Lipinski definition) is 4. The van der Waals surface area contributed by atoms with Gasteiger partial charge in [-0.3, -0.25) is 0 Å². The Kier molecular flexibility index (Phi) is 12.8. The molecule has 1 saturated heterocycles. The van der Waals surface area contributed by atoms with E-state index in [2.05, 4.69) is 27.7 Å². The molecule has 1 aliphatic heterocycles. The van der Waals surface area contributed by atoms with E-state index in [1.54, 1.807) is 0 Å². The van der Waals surface area contributed by atoms with E-state index in [0.29, 0.717) is 6.10 Å². The first-order valence-electron chi connectivity index (χ1n) is 10.6. The summed E-state index contributed by atoms with van der Waals surface area (Å²) in [7, 11) is 0. The Hall–Kier alpha value is -0.160. The predicted molar refractivity (Wildman–Crippen MR) is 103 cm³/mol. The highest BCUT2D eigenvalue weighted by Crippen LogP contribution is 2.29. The Morgan fingerprint density at radius 1 is 0.960 bits per heavy atom. The Morgan fingerprint density at radius 3 is 2.20 bits per heavy atom. The molecule has 1 fully saturated rings. The van der Waals surface area contributed by atoms with E-state index in [-0.39, 0.29) is 5.79 Å². The highest BCUT2D eigenvalue weighted by molar-refractivity contribution is 4.72. The van der Waals surface area contributed by atoms with Crippen LogP contribution in [0.5, 0.6) is 0 Å². The van der Waals surface area contributed by atoms with E-state index in [4.69, 9.17) is 18.9 Å². The minimum Gasteiger partial charge on any atom is -0.379 e. The van der Waals surface area contributed by atoms with E-state index in [9.17, 15) is 0 Å². The average molecular weight is 359 g/mol. The summed E-state index contributed by atoms with van der Waals surface area (Å²) in [5, 5.41) is 0. The molecule has 0 saturated carbocycles. The van der Waals surface area contributed by atoms with Crippen LogP contribution in [0.3, 0.4) is 0 Å². The summed E-state index contributed by atoms with van der Waals surface area (Å²) in [6.07, 6.45) is 10.9. The average Bonchev–Trinajstić information content (AvgIpc) is 3.39. The van der Waals surface area contributed by atoms with E-state index < -0.39 is 0 Å². The van der Waals surface area contributed by atoms with Crippen molar-refractivity contribution in [1.29, 1.82) is 0 Å². The highest BCUT2D eigenvalue weighted by Gasteiger charge is 2.30. The largest absolute Gasteiger partial charge is 0.379 e. The SMILES string of the molecule is CCCCCC(CCCC(C)CCCOCC1CO1)(OCC)OCC. The van der Waals surface area contributed by atoms with Crippen LogP contribution in [-0.4, -0.2) is 44.9 Å². The first-order chi connectivity index (χ1) is 12.2. The molecule has 0 aromatic rings. The van der Waals surface area contributed by atoms with Crippen LogP contribution in [0.25, 0.3) is 0 Å². The molecule has 4 nitrogen and oxygen atoms in total. The molecule has 0 radical (unpaired) electrons. The van der Waals surface area contributed by atoms with Gasteiger partial charge >= 0.3 is 0 Å². The van der Waals surface area contributed by atoms with Crippen molar-refractivity contribution >= 4 is 0 Å². The van der Waals surface area contributed by atoms with Gasteiger partial charge in [0.2, 0.25) is 0 Å². The molecule has 0 aliphatic carbocycles. The normalized spacial score (nSPS) is 18.5. The van der Waals surface area contributed by atoms with Crippen LogP contribution in [0.2, 0.25) is 0 Å². The molecule has 0 aromatic carbocycles. The zero-order valence-electron chi connectivity index (χ0n) is 17.2. The number of hydrogen-bond donors (Lipinski definition) is 0. The van der Waals surface area contributed by atoms with Crippen LogP contribution in [0.4, 0.5) is 0 Å². The van der Waals surface area contributed by atoms with Gasteiger partial charge in [-0.15, -0.1) is 0 Å². The maximum Gasteiger partial charge on any atom is 0.168 e. The predicted octanol–water partition coefficient (Wildman–Crippen LogP) is 5.34. The standard InChI is InChI=1S/C21H42O4/c1-5-8-9-14-21(24-6-2,25-7-3)15-10-12-19(4)13-11-16-22-17-20-18-23-20/h19-20H,5-18H2,1-4H3. The fourth-order valence-corrected chi connectivity index (χ4v) is 3.40. The van der Waals surface area contributed by atoms with Crippen molar-refractivity contribution in [2.24, 2.45) is 5.92 Å². The fraction of sp³-hybridized carbons (Fsp3) is 1.00. The first-order valence-corrected chi connectivity index (χ1v) is 10.6. The Balaban J connectivity index is 2.20. The second-order valence-corrected chi connectivity index (χ2v) is 7.40. The molecule has 0 spiro atoms. The molecule has 0 amide bonds. The molecule has 1 rings (SSSR count). The molecule has 1 aliphatic rings. The molecule has 4 heteroatoms. The van der Waals surface area contributed by atoms with Gasteiger partial charge in [-0.2, -0.15) is 0 Å². The van der Waals surface area contributed by atoms with Crippen molar-refractivity contribution in [2.75, 3.05) is 33.0 Å². The minimum absolute atomic E-state index is 0.355. The van der Waals surface area contributed by atoms with Gasteiger partial charge in [-0.05, 0) is 45.4 Å². The van der Waals surface area contributed by atoms with Crippen molar-refractivity contribution in [1.82, 2.24) is 0 Å². The van der Waals surface area contributed by atoms with E-state index in [1.165, 1.54) is 38.5 Å². The van der Waals surface area contributed by atoms with E-state index in [0.717, 1.165) is 58.2 Å². The van der Waals surface area contributed by atoms with Crippen molar-refractivity contribution in [3.8, 4) is 0 Å². The molecule has 0 bridgehead atoms. The Morgan fingerprint density at radius 2 is 1.60 bits per heavy atom. The minimum atomic E-state index is -0.355. The summed E-state index contributed by atoms with van der Waals surface area (Å²) in [4.78, 5) is 0. The zero-order chi connectivity index (χ0) is 18.4. The molecule has 2 atom stereocenters. The van der Waals surface area contributed by atoms with Crippen LogP contribution >= 0.6 is 0 Å². The summed E-state index contributed by atoms with van der Waals surface area (Å²) < 4.78 is 22.9. The summed E-state index contributed by atoms with van der Waals surface area (Å²) in [5.41, 5.74) is 0. The van der Waals surface area contributed by atoms with Crippen molar-refractivity contribution in [2.45, 2.75) is 97.4 Å². The lowest BCUT2D eigenvalue weighted by Crippen LogP contribution is -2.36. The van der Waals surface area contributed by atoms with Gasteiger partial charge in [-0.1, -0.05) is 33.1 Å². The van der Waals surface area contributed by atoms with Gasteiger partial charge in [0.05, 0.1) is 13.2 Å². The lowest BCUT2D eigenvalue weighted by molar-refractivity contribution is -0.242. The lowest BCUT2D eigenvalue weighted by atomic mass is 9.95. The monoisotopic (exact) mass is 358 g/mol. The van der Waals surface area contributed by atoms with Gasteiger partial charge in [0.15, 0.2) is 5.79 Å². The summed E-state index contributed by atoms with van der Waals surface area (Å²) >= 11 is 0. The van der Waals surface area contributed by atoms with E-state index in [1.807, 2.05) is 0 Å². The third-order valence-electron chi connectivity index (χ3n) is 4.92. The van der Waals surface area contributed by atoms with Crippen LogP contribution < -0.4 is 0 Å². The van der Waals surface area contributed by atoms with Crippen LogP contribution in [0.15, 0.2) is 0 Å². The topological polar surface area (TPSA) is 40.2 Å². The number of rotatable bonds is 18. The smallest absolute Gasteiger partial charge is 0.168 e. The second-order valence-electron chi connectivity index (χ2n) is 7.40. The molecule has 150 valence electrons. The number of unbranched alkanes of at least 4 members (excludes halogenated alkanes) is 2. The molecule has 1 heterocycles. The number of ether oxygens (including phenoxy) is 4. The van der Waals surface area contributed by atoms with Crippen LogP contribution in [0.1, 0.15) is 85.5 Å². The van der Waals surface area contributed by atoms with E-state index >= 15 is 0 Å². The van der Waals surface area contributed by atoms with Crippen LogP contribution in [-0.2, 0) is 18.9 Å². The van der Waals surface area contributed by atoms with Gasteiger partial charge in [0, 0.05) is 32.7 Å². The lowest BCUT2D eigenvalue weighted by Gasteiger charge is -2.34. The second kappa shape index (κ2) is 14.0. The maximum atomic E-state index is 6.09. The summed E-state index contributed by atoms with van der Waals surface area (Å²) in [6, 6.07) is 0. The number of epoxide rings is 1. The summed E-state index contributed by atoms with van der Waals surface area (Å²) in [5.74, 6) is 0.378. The fourth-order valence-electron chi connectivity index (χ4n) is 3.40. The highest BCUT2D eigenvalue weighted by atomic mass is 16.7. The van der Waals surface area contributed by atoms with Crippen LogP contribution in [0, 0.1) is 5.92 Å². The van der Waals surface area contributed by atoms with Gasteiger partial charge < -0.3 is 18.9 Å². The third kappa shape index (κ3) is 11.2. The van der Waals surface area contributed by atoms with Gasteiger partial charge in [0.1, 0.15) is 6.10 Å². The quantitative estimate of drug-likeness (QED) is 0.188. The maximum absolute atomic E-state index is 6.09. The zero-order valence-corrected chi connectivity index (χ0v) is 17.2. The van der Waals surface area contributed by atoms with Gasteiger partial charge in [-0.25, -0.2) is 0 Å². The van der Waals surface area contributed by atoms with Crippen molar-refractivity contribution in [3.05, 3.63) is 0 Å². The third-order valence-corrected chi connectivity index (χ3v) is 4.92. The molecule has 2 unspecified atom stereocenters. The molecular weight excluding hydrogens is 316 g/mol. The van der Waals surface area contributed by atoms with Gasteiger partial charge in [0.25, 0.3) is 0 Å². The summed E-state index contributed by atoms with van der Waals surface area (Å²) in [6.45, 7) is 12.7. The molecule has 25 heavy (non-hydrogen) atoms. The van der Waals surface area contributed by atoms with Crippen molar-refractivity contribution in [3.63, 3.8) is 0 Å². The molecule has 0 N–H and O–H groups in total. The molecular formula is C21H42O4. The Labute approximate surface area is 155 Å². The first kappa shape index (κ1) is 22.9. The molecule has 0 aromatic heterocycles.